The lowest BCUT2D eigenvalue weighted by molar-refractivity contribution is -0.132. The fourth-order valence-electron chi connectivity index (χ4n) is 1.82. The van der Waals surface area contributed by atoms with Crippen LogP contribution in [0.15, 0.2) is 18.2 Å². The van der Waals surface area contributed by atoms with E-state index in [9.17, 15) is 4.79 Å². The van der Waals surface area contributed by atoms with Crippen LogP contribution in [0.1, 0.15) is 24.5 Å². The first-order valence-corrected chi connectivity index (χ1v) is 6.51. The van der Waals surface area contributed by atoms with Gasteiger partial charge in [0.05, 0.1) is 25.7 Å². The van der Waals surface area contributed by atoms with E-state index in [1.807, 2.05) is 32.9 Å². The molecule has 1 aromatic rings. The molecule has 0 radical (unpaired) electrons. The number of aryl methyl sites for hydroxylation is 2. The Morgan fingerprint density at radius 3 is 2.42 bits per heavy atom. The average Bonchev–Trinajstić information content (AvgIpc) is 2.35. The zero-order valence-electron chi connectivity index (χ0n) is 12.1. The standard InChI is InChI=1S/C15H23NO3/c1-11-7-12(2)9-14(8-11)19-6-5-15(18)16(4)13(3)10-17/h7-9,13,17H,5-6,10H2,1-4H3. The number of benzene rings is 1. The number of aliphatic hydroxyl groups excluding tert-OH is 1. The maximum atomic E-state index is 11.8. The molecule has 0 spiro atoms. The van der Waals surface area contributed by atoms with E-state index >= 15 is 0 Å². The monoisotopic (exact) mass is 265 g/mol. The normalized spacial score (nSPS) is 12.1. The molecule has 0 aromatic heterocycles. The van der Waals surface area contributed by atoms with E-state index in [2.05, 4.69) is 6.07 Å². The highest BCUT2D eigenvalue weighted by Gasteiger charge is 2.14. The fraction of sp³-hybridized carbons (Fsp3) is 0.533. The predicted molar refractivity (Wildman–Crippen MR) is 75.3 cm³/mol. The summed E-state index contributed by atoms with van der Waals surface area (Å²) >= 11 is 0. The Morgan fingerprint density at radius 2 is 1.89 bits per heavy atom. The molecule has 0 aliphatic carbocycles. The van der Waals surface area contributed by atoms with Crippen LogP contribution in [0.2, 0.25) is 0 Å². The molecule has 0 aliphatic rings. The van der Waals surface area contributed by atoms with E-state index < -0.39 is 0 Å². The summed E-state index contributed by atoms with van der Waals surface area (Å²) in [6.45, 7) is 6.16. The molecule has 0 aliphatic heterocycles. The number of aliphatic hydroxyl groups is 1. The molecule has 1 N–H and O–H groups in total. The predicted octanol–water partition coefficient (Wildman–Crippen LogP) is 1.91. The average molecular weight is 265 g/mol. The highest BCUT2D eigenvalue weighted by Crippen LogP contribution is 2.16. The molecule has 1 amide bonds. The van der Waals surface area contributed by atoms with E-state index in [-0.39, 0.29) is 18.6 Å². The summed E-state index contributed by atoms with van der Waals surface area (Å²) in [6, 6.07) is 5.83. The number of hydrogen-bond acceptors (Lipinski definition) is 3. The number of hydrogen-bond donors (Lipinski definition) is 1. The Bertz CT molecular complexity index is 411. The molecule has 0 saturated carbocycles. The topological polar surface area (TPSA) is 49.8 Å². The number of carbonyl (C=O) groups is 1. The van der Waals surface area contributed by atoms with Crippen LogP contribution in [-0.4, -0.2) is 42.2 Å². The van der Waals surface area contributed by atoms with Crippen molar-refractivity contribution in [3.8, 4) is 5.75 Å². The second kappa shape index (κ2) is 7.14. The summed E-state index contributed by atoms with van der Waals surface area (Å²) < 4.78 is 5.59. The molecule has 1 atom stereocenters. The van der Waals surface area contributed by atoms with Gasteiger partial charge in [0.1, 0.15) is 5.75 Å². The first-order chi connectivity index (χ1) is 8.93. The molecular formula is C15H23NO3. The maximum absolute atomic E-state index is 11.8. The summed E-state index contributed by atoms with van der Waals surface area (Å²) in [5.74, 6) is 0.772. The van der Waals surface area contributed by atoms with Gasteiger partial charge in [-0.3, -0.25) is 4.79 Å². The van der Waals surface area contributed by atoms with Crippen molar-refractivity contribution in [2.75, 3.05) is 20.3 Å². The van der Waals surface area contributed by atoms with Gasteiger partial charge >= 0.3 is 0 Å². The molecule has 0 bridgehead atoms. The summed E-state index contributed by atoms with van der Waals surface area (Å²) in [4.78, 5) is 13.3. The quantitative estimate of drug-likeness (QED) is 0.855. The second-order valence-corrected chi connectivity index (χ2v) is 4.96. The van der Waals surface area contributed by atoms with Crippen LogP contribution in [0.3, 0.4) is 0 Å². The van der Waals surface area contributed by atoms with Crippen molar-refractivity contribution < 1.29 is 14.6 Å². The Hall–Kier alpha value is -1.55. The molecular weight excluding hydrogens is 242 g/mol. The maximum Gasteiger partial charge on any atom is 0.226 e. The minimum absolute atomic E-state index is 0.0223. The lowest BCUT2D eigenvalue weighted by Gasteiger charge is -2.23. The van der Waals surface area contributed by atoms with Crippen LogP contribution in [0.25, 0.3) is 0 Å². The van der Waals surface area contributed by atoms with Gasteiger partial charge in [-0.15, -0.1) is 0 Å². The number of nitrogens with zero attached hydrogens (tertiary/aromatic N) is 1. The molecule has 4 heteroatoms. The van der Waals surface area contributed by atoms with Gasteiger partial charge in [-0.2, -0.15) is 0 Å². The highest BCUT2D eigenvalue weighted by atomic mass is 16.5. The van der Waals surface area contributed by atoms with Crippen LogP contribution >= 0.6 is 0 Å². The van der Waals surface area contributed by atoms with Crippen molar-refractivity contribution >= 4 is 5.91 Å². The number of amides is 1. The third-order valence-electron chi connectivity index (χ3n) is 3.10. The molecule has 106 valence electrons. The van der Waals surface area contributed by atoms with E-state index in [1.165, 1.54) is 0 Å². The first-order valence-electron chi connectivity index (χ1n) is 6.51. The Kier molecular flexibility index (Phi) is 5.83. The van der Waals surface area contributed by atoms with Gasteiger partial charge in [-0.25, -0.2) is 0 Å². The summed E-state index contributed by atoms with van der Waals surface area (Å²) in [6.07, 6.45) is 0.313. The zero-order chi connectivity index (χ0) is 14.4. The third-order valence-corrected chi connectivity index (χ3v) is 3.10. The molecule has 1 unspecified atom stereocenters. The minimum Gasteiger partial charge on any atom is -0.493 e. The third kappa shape index (κ3) is 4.91. The van der Waals surface area contributed by atoms with Gasteiger partial charge < -0.3 is 14.7 Å². The minimum atomic E-state index is -0.159. The molecule has 4 nitrogen and oxygen atoms in total. The van der Waals surface area contributed by atoms with E-state index in [0.717, 1.165) is 16.9 Å². The summed E-state index contributed by atoms with van der Waals surface area (Å²) in [5, 5.41) is 8.99. The van der Waals surface area contributed by atoms with E-state index in [1.54, 1.807) is 11.9 Å². The number of ether oxygens (including phenoxy) is 1. The van der Waals surface area contributed by atoms with Crippen LogP contribution in [0.5, 0.6) is 5.75 Å². The van der Waals surface area contributed by atoms with Crippen LogP contribution < -0.4 is 4.74 Å². The van der Waals surface area contributed by atoms with Crippen molar-refractivity contribution in [3.05, 3.63) is 29.3 Å². The lowest BCUT2D eigenvalue weighted by atomic mass is 10.1. The number of rotatable bonds is 6. The number of carbonyl (C=O) groups excluding carboxylic acids is 1. The molecule has 0 saturated heterocycles. The van der Waals surface area contributed by atoms with E-state index in [0.29, 0.717) is 13.0 Å². The second-order valence-electron chi connectivity index (χ2n) is 4.96. The van der Waals surface area contributed by atoms with Crippen LogP contribution in [0, 0.1) is 13.8 Å². The van der Waals surface area contributed by atoms with Gasteiger partial charge in [0, 0.05) is 7.05 Å². The van der Waals surface area contributed by atoms with Crippen molar-refractivity contribution in [1.82, 2.24) is 4.90 Å². The molecule has 19 heavy (non-hydrogen) atoms. The van der Waals surface area contributed by atoms with Crippen molar-refractivity contribution in [2.24, 2.45) is 0 Å². The van der Waals surface area contributed by atoms with Crippen LogP contribution in [0.4, 0.5) is 0 Å². The first kappa shape index (κ1) is 15.5. The molecule has 0 fully saturated rings. The lowest BCUT2D eigenvalue weighted by Crippen LogP contribution is -2.37. The van der Waals surface area contributed by atoms with Crippen molar-refractivity contribution in [1.29, 1.82) is 0 Å². The Balaban J connectivity index is 2.43. The largest absolute Gasteiger partial charge is 0.493 e. The molecule has 1 rings (SSSR count). The van der Waals surface area contributed by atoms with Crippen molar-refractivity contribution in [2.45, 2.75) is 33.2 Å². The summed E-state index contributed by atoms with van der Waals surface area (Å²) in [7, 11) is 1.69. The van der Waals surface area contributed by atoms with Gasteiger partial charge in [0.15, 0.2) is 0 Å². The Labute approximate surface area is 115 Å². The van der Waals surface area contributed by atoms with E-state index in [4.69, 9.17) is 9.84 Å². The van der Waals surface area contributed by atoms with Gasteiger partial charge in [0.2, 0.25) is 5.91 Å². The smallest absolute Gasteiger partial charge is 0.226 e. The molecule has 0 heterocycles. The molecule has 1 aromatic carbocycles. The van der Waals surface area contributed by atoms with Gasteiger partial charge in [0.25, 0.3) is 0 Å². The van der Waals surface area contributed by atoms with Crippen LogP contribution in [-0.2, 0) is 4.79 Å². The fourth-order valence-corrected chi connectivity index (χ4v) is 1.82. The van der Waals surface area contributed by atoms with Crippen molar-refractivity contribution in [3.63, 3.8) is 0 Å². The number of likely N-dealkylation sites (N-methyl/N-ethyl adjacent to an activating group) is 1. The summed E-state index contributed by atoms with van der Waals surface area (Å²) in [5.41, 5.74) is 2.29. The van der Waals surface area contributed by atoms with Gasteiger partial charge in [-0.1, -0.05) is 6.07 Å². The highest BCUT2D eigenvalue weighted by molar-refractivity contribution is 5.76. The van der Waals surface area contributed by atoms with Gasteiger partial charge in [-0.05, 0) is 44.0 Å². The Morgan fingerprint density at radius 1 is 1.32 bits per heavy atom. The SMILES string of the molecule is Cc1cc(C)cc(OCCC(=O)N(C)C(C)CO)c1. The zero-order valence-corrected chi connectivity index (χ0v) is 12.1.